The van der Waals surface area contributed by atoms with Crippen LogP contribution in [-0.4, -0.2) is 28.3 Å². The van der Waals surface area contributed by atoms with E-state index < -0.39 is 11.9 Å². The van der Waals surface area contributed by atoms with Gasteiger partial charge in [0.05, 0.1) is 21.8 Å². The third-order valence-electron chi connectivity index (χ3n) is 5.01. The number of phenols is 1. The van der Waals surface area contributed by atoms with Gasteiger partial charge in [0.1, 0.15) is 18.1 Å². The first-order valence-corrected chi connectivity index (χ1v) is 11.0. The van der Waals surface area contributed by atoms with Crippen molar-refractivity contribution in [3.8, 4) is 11.5 Å². The quantitative estimate of drug-likeness (QED) is 0.225. The van der Waals surface area contributed by atoms with Gasteiger partial charge < -0.3 is 14.9 Å². The number of aromatic carboxylic acids is 1. The Balaban J connectivity index is 1.39. The summed E-state index contributed by atoms with van der Waals surface area (Å²) in [5.74, 6) is -1.07. The van der Waals surface area contributed by atoms with Crippen LogP contribution in [0.3, 0.4) is 0 Å². The van der Waals surface area contributed by atoms with E-state index in [4.69, 9.17) is 9.84 Å². The fraction of sp³-hybridized carbons (Fsp3) is 0.0385. The monoisotopic (exact) mass is 518 g/mol. The summed E-state index contributed by atoms with van der Waals surface area (Å²) in [5, 5.41) is 24.9. The number of benzene rings is 4. The number of ether oxygens (including phenoxy) is 1. The molecule has 170 valence electrons. The van der Waals surface area contributed by atoms with E-state index in [9.17, 15) is 14.7 Å². The summed E-state index contributed by atoms with van der Waals surface area (Å²) < 4.78 is 6.45. The number of rotatable bonds is 7. The van der Waals surface area contributed by atoms with Crippen LogP contribution in [0.4, 0.5) is 0 Å². The summed E-state index contributed by atoms with van der Waals surface area (Å²) in [5.41, 5.74) is 4.19. The van der Waals surface area contributed by atoms with Crippen molar-refractivity contribution in [3.63, 3.8) is 0 Å². The molecular formula is C26H19BrN2O5. The molecule has 34 heavy (non-hydrogen) atoms. The minimum Gasteiger partial charge on any atom is -0.507 e. The second kappa shape index (κ2) is 10.2. The number of nitrogens with zero attached hydrogens (tertiary/aromatic N) is 1. The highest BCUT2D eigenvalue weighted by Crippen LogP contribution is 2.27. The Morgan fingerprint density at radius 3 is 2.47 bits per heavy atom. The van der Waals surface area contributed by atoms with Gasteiger partial charge in [0, 0.05) is 0 Å². The number of hydrogen-bond donors (Lipinski definition) is 3. The zero-order chi connectivity index (χ0) is 24.1. The molecule has 0 aliphatic heterocycles. The van der Waals surface area contributed by atoms with Gasteiger partial charge >= 0.3 is 5.97 Å². The number of fused-ring (bicyclic) bond motifs is 1. The van der Waals surface area contributed by atoms with Crippen LogP contribution in [0.1, 0.15) is 31.8 Å². The van der Waals surface area contributed by atoms with Crippen molar-refractivity contribution in [1.29, 1.82) is 0 Å². The molecule has 0 atom stereocenters. The minimum absolute atomic E-state index is 0.121. The molecule has 0 spiro atoms. The number of halogens is 1. The number of carboxylic acids is 1. The highest BCUT2D eigenvalue weighted by molar-refractivity contribution is 9.10. The number of phenolic OH excluding ortho intramolecular Hbond substituents is 1. The van der Waals surface area contributed by atoms with Crippen molar-refractivity contribution in [2.45, 2.75) is 6.61 Å². The van der Waals surface area contributed by atoms with Crippen LogP contribution < -0.4 is 10.2 Å². The Kier molecular flexibility index (Phi) is 6.89. The number of hydrogen-bond acceptors (Lipinski definition) is 5. The van der Waals surface area contributed by atoms with Crippen LogP contribution in [0.2, 0.25) is 0 Å². The smallest absolute Gasteiger partial charge is 0.335 e. The van der Waals surface area contributed by atoms with E-state index in [-0.39, 0.29) is 23.5 Å². The van der Waals surface area contributed by atoms with Crippen molar-refractivity contribution in [2.75, 3.05) is 0 Å². The zero-order valence-electron chi connectivity index (χ0n) is 17.7. The lowest BCUT2D eigenvalue weighted by molar-refractivity contribution is 0.0696. The number of hydrazone groups is 1. The average Bonchev–Trinajstić information content (AvgIpc) is 2.83. The molecule has 0 unspecified atom stereocenters. The molecule has 0 saturated carbocycles. The van der Waals surface area contributed by atoms with E-state index >= 15 is 0 Å². The van der Waals surface area contributed by atoms with Gasteiger partial charge in [0.2, 0.25) is 0 Å². The van der Waals surface area contributed by atoms with Gasteiger partial charge in [-0.15, -0.1) is 0 Å². The molecule has 4 aromatic rings. The predicted octanol–water partition coefficient (Wildman–Crippen LogP) is 5.35. The summed E-state index contributed by atoms with van der Waals surface area (Å²) in [6.45, 7) is 0.207. The molecule has 7 nitrogen and oxygen atoms in total. The van der Waals surface area contributed by atoms with Gasteiger partial charge in [0.15, 0.2) is 0 Å². The van der Waals surface area contributed by atoms with Gasteiger partial charge in [-0.25, -0.2) is 10.2 Å². The SMILES string of the molecule is O=C(O)c1cccc(COc2ccc(C=NNC(=O)c3cc4ccccc4cc3O)cc2Br)c1. The van der Waals surface area contributed by atoms with Crippen LogP contribution in [0.25, 0.3) is 10.8 Å². The average molecular weight is 519 g/mol. The van der Waals surface area contributed by atoms with Gasteiger partial charge in [0.25, 0.3) is 5.91 Å². The summed E-state index contributed by atoms with van der Waals surface area (Å²) in [6, 6.07) is 22.4. The number of amides is 1. The van der Waals surface area contributed by atoms with Gasteiger partial charge in [-0.2, -0.15) is 5.10 Å². The highest BCUT2D eigenvalue weighted by Gasteiger charge is 2.12. The van der Waals surface area contributed by atoms with Crippen LogP contribution >= 0.6 is 15.9 Å². The van der Waals surface area contributed by atoms with E-state index in [1.54, 1.807) is 48.5 Å². The summed E-state index contributed by atoms with van der Waals surface area (Å²) in [6.07, 6.45) is 1.47. The maximum Gasteiger partial charge on any atom is 0.335 e. The van der Waals surface area contributed by atoms with E-state index in [1.807, 2.05) is 24.3 Å². The topological polar surface area (TPSA) is 108 Å². The Bertz CT molecular complexity index is 1420. The Morgan fingerprint density at radius 1 is 0.971 bits per heavy atom. The number of nitrogens with one attached hydrogen (secondary N) is 1. The second-order valence-corrected chi connectivity index (χ2v) is 8.25. The first kappa shape index (κ1) is 23.0. The Morgan fingerprint density at radius 2 is 1.74 bits per heavy atom. The molecule has 3 N–H and O–H groups in total. The van der Waals surface area contributed by atoms with Crippen molar-refractivity contribution in [3.05, 3.63) is 106 Å². The number of carbonyl (C=O) groups excluding carboxylic acids is 1. The number of carboxylic acid groups (broad SMARTS) is 1. The van der Waals surface area contributed by atoms with Crippen LogP contribution in [0.15, 0.2) is 88.4 Å². The number of aromatic hydroxyl groups is 1. The van der Waals surface area contributed by atoms with Gasteiger partial charge in [-0.1, -0.05) is 36.4 Å². The Labute approximate surface area is 203 Å². The van der Waals surface area contributed by atoms with E-state index in [0.717, 1.165) is 16.3 Å². The van der Waals surface area contributed by atoms with Crippen molar-refractivity contribution in [1.82, 2.24) is 5.43 Å². The van der Waals surface area contributed by atoms with Crippen LogP contribution in [0.5, 0.6) is 11.5 Å². The molecule has 0 bridgehead atoms. The van der Waals surface area contributed by atoms with Gasteiger partial charge in [-0.05, 0) is 80.3 Å². The molecule has 0 saturated heterocycles. The third-order valence-corrected chi connectivity index (χ3v) is 5.63. The summed E-state index contributed by atoms with van der Waals surface area (Å²) >= 11 is 3.45. The third kappa shape index (κ3) is 5.41. The molecule has 0 heterocycles. The predicted molar refractivity (Wildman–Crippen MR) is 133 cm³/mol. The first-order valence-electron chi connectivity index (χ1n) is 10.2. The van der Waals surface area contributed by atoms with Crippen LogP contribution in [0, 0.1) is 0 Å². The lowest BCUT2D eigenvalue weighted by atomic mass is 10.1. The molecule has 0 aliphatic rings. The van der Waals surface area contributed by atoms with Crippen molar-refractivity contribution >= 4 is 44.8 Å². The molecule has 8 heteroatoms. The zero-order valence-corrected chi connectivity index (χ0v) is 19.3. The van der Waals surface area contributed by atoms with Crippen molar-refractivity contribution < 1.29 is 24.5 Å². The lowest BCUT2D eigenvalue weighted by Crippen LogP contribution is -2.17. The van der Waals surface area contributed by atoms with E-state index in [2.05, 4.69) is 26.5 Å². The van der Waals surface area contributed by atoms with E-state index in [0.29, 0.717) is 15.8 Å². The van der Waals surface area contributed by atoms with Crippen LogP contribution in [-0.2, 0) is 6.61 Å². The lowest BCUT2D eigenvalue weighted by Gasteiger charge is -2.09. The largest absolute Gasteiger partial charge is 0.507 e. The normalized spacial score (nSPS) is 11.0. The van der Waals surface area contributed by atoms with Crippen molar-refractivity contribution in [2.24, 2.45) is 5.10 Å². The molecule has 1 amide bonds. The molecule has 0 radical (unpaired) electrons. The highest BCUT2D eigenvalue weighted by atomic mass is 79.9. The molecule has 4 aromatic carbocycles. The molecule has 0 aromatic heterocycles. The fourth-order valence-corrected chi connectivity index (χ4v) is 3.82. The second-order valence-electron chi connectivity index (χ2n) is 7.40. The minimum atomic E-state index is -0.991. The Hall–Kier alpha value is -4.17. The maximum atomic E-state index is 12.5. The molecule has 0 aliphatic carbocycles. The standard InChI is InChI=1S/C26H19BrN2O5/c27-22-11-16(8-9-24(22)34-15-17-4-3-7-20(10-17)26(32)33)14-28-29-25(31)21-12-18-5-1-2-6-19(18)13-23(21)30/h1-14,30H,15H2,(H,29,31)(H,32,33). The first-order chi connectivity index (χ1) is 16.4. The summed E-state index contributed by atoms with van der Waals surface area (Å²) in [7, 11) is 0. The fourth-order valence-electron chi connectivity index (χ4n) is 3.31. The molecule has 0 fully saturated rings. The maximum absolute atomic E-state index is 12.5. The number of carbonyl (C=O) groups is 2. The molecule has 4 rings (SSSR count). The molecular weight excluding hydrogens is 500 g/mol. The van der Waals surface area contributed by atoms with Gasteiger partial charge in [-0.3, -0.25) is 4.79 Å². The summed E-state index contributed by atoms with van der Waals surface area (Å²) in [4.78, 5) is 23.6. The van der Waals surface area contributed by atoms with E-state index in [1.165, 1.54) is 12.3 Å².